The number of aromatic nitrogens is 2. The minimum absolute atomic E-state index is 0.575. The van der Waals surface area contributed by atoms with Gasteiger partial charge in [0.2, 0.25) is 0 Å². The SMILES string of the molecule is CN=C(NCCCOCC(C)C)NCc1cnn(-c2ccc(Cl)cc2)c1. The lowest BCUT2D eigenvalue weighted by atomic mass is 10.2. The zero-order chi connectivity index (χ0) is 18.8. The molecule has 2 rings (SSSR count). The van der Waals surface area contributed by atoms with E-state index in [4.69, 9.17) is 16.3 Å². The van der Waals surface area contributed by atoms with Crippen molar-refractivity contribution in [1.82, 2.24) is 20.4 Å². The van der Waals surface area contributed by atoms with Crippen LogP contribution >= 0.6 is 11.6 Å². The molecule has 142 valence electrons. The van der Waals surface area contributed by atoms with Crippen molar-refractivity contribution in [3.8, 4) is 5.69 Å². The lowest BCUT2D eigenvalue weighted by Gasteiger charge is -2.11. The second kappa shape index (κ2) is 10.8. The Balaban J connectivity index is 1.72. The maximum Gasteiger partial charge on any atom is 0.191 e. The van der Waals surface area contributed by atoms with Crippen LogP contribution in [0.3, 0.4) is 0 Å². The largest absolute Gasteiger partial charge is 0.381 e. The zero-order valence-electron chi connectivity index (χ0n) is 15.7. The van der Waals surface area contributed by atoms with E-state index in [2.05, 4.69) is 34.6 Å². The van der Waals surface area contributed by atoms with Crippen LogP contribution in [0.5, 0.6) is 0 Å². The van der Waals surface area contributed by atoms with Crippen molar-refractivity contribution in [2.45, 2.75) is 26.8 Å². The molecule has 1 aromatic heterocycles. The van der Waals surface area contributed by atoms with Gasteiger partial charge in [-0.1, -0.05) is 25.4 Å². The van der Waals surface area contributed by atoms with Gasteiger partial charge in [-0.3, -0.25) is 4.99 Å². The van der Waals surface area contributed by atoms with Crippen molar-refractivity contribution in [1.29, 1.82) is 0 Å². The summed E-state index contributed by atoms with van der Waals surface area (Å²) in [5.41, 5.74) is 2.05. The summed E-state index contributed by atoms with van der Waals surface area (Å²) in [6.45, 7) is 7.34. The van der Waals surface area contributed by atoms with E-state index in [0.29, 0.717) is 17.5 Å². The molecule has 0 unspecified atom stereocenters. The third kappa shape index (κ3) is 7.06. The summed E-state index contributed by atoms with van der Waals surface area (Å²) in [5.74, 6) is 1.35. The van der Waals surface area contributed by atoms with Crippen LogP contribution in [0.1, 0.15) is 25.8 Å². The Bertz CT molecular complexity index is 681. The van der Waals surface area contributed by atoms with Crippen LogP contribution in [0.15, 0.2) is 41.7 Å². The summed E-state index contributed by atoms with van der Waals surface area (Å²) in [6, 6.07) is 7.59. The summed E-state index contributed by atoms with van der Waals surface area (Å²) in [5, 5.41) is 11.7. The summed E-state index contributed by atoms with van der Waals surface area (Å²) in [7, 11) is 1.77. The average molecular weight is 378 g/mol. The maximum absolute atomic E-state index is 5.92. The third-order valence-corrected chi connectivity index (χ3v) is 3.87. The molecule has 6 nitrogen and oxygen atoms in total. The Kier molecular flexibility index (Phi) is 8.44. The summed E-state index contributed by atoms with van der Waals surface area (Å²) in [4.78, 5) is 4.24. The van der Waals surface area contributed by atoms with E-state index in [9.17, 15) is 0 Å². The number of halogens is 1. The zero-order valence-corrected chi connectivity index (χ0v) is 16.5. The van der Waals surface area contributed by atoms with E-state index in [-0.39, 0.29) is 0 Å². The van der Waals surface area contributed by atoms with E-state index in [1.54, 1.807) is 7.05 Å². The predicted octanol–water partition coefficient (Wildman–Crippen LogP) is 3.25. The Morgan fingerprint density at radius 2 is 2.04 bits per heavy atom. The first-order chi connectivity index (χ1) is 12.6. The second-order valence-corrected chi connectivity index (χ2v) is 6.88. The van der Waals surface area contributed by atoms with Gasteiger partial charge in [-0.15, -0.1) is 0 Å². The normalized spacial score (nSPS) is 11.8. The molecule has 1 heterocycles. The van der Waals surface area contributed by atoms with Crippen LogP contribution in [0.2, 0.25) is 5.02 Å². The van der Waals surface area contributed by atoms with Crippen molar-refractivity contribution in [3.05, 3.63) is 47.2 Å². The summed E-state index contributed by atoms with van der Waals surface area (Å²) < 4.78 is 7.40. The van der Waals surface area contributed by atoms with Crippen LogP contribution < -0.4 is 10.6 Å². The molecule has 1 aromatic carbocycles. The molecule has 2 N–H and O–H groups in total. The molecule has 0 atom stereocenters. The highest BCUT2D eigenvalue weighted by atomic mass is 35.5. The molecule has 2 aromatic rings. The first-order valence-corrected chi connectivity index (χ1v) is 9.28. The smallest absolute Gasteiger partial charge is 0.191 e. The van der Waals surface area contributed by atoms with E-state index in [0.717, 1.165) is 43.4 Å². The van der Waals surface area contributed by atoms with Crippen LogP contribution in [0, 0.1) is 5.92 Å². The molecular formula is C19H28ClN5O. The molecule has 0 aliphatic heterocycles. The highest BCUT2D eigenvalue weighted by molar-refractivity contribution is 6.30. The number of hydrogen-bond acceptors (Lipinski definition) is 3. The highest BCUT2D eigenvalue weighted by Gasteiger charge is 2.03. The lowest BCUT2D eigenvalue weighted by Crippen LogP contribution is -2.37. The summed E-state index contributed by atoms with van der Waals surface area (Å²) in [6.07, 6.45) is 4.78. The highest BCUT2D eigenvalue weighted by Crippen LogP contribution is 2.13. The van der Waals surface area contributed by atoms with Crippen LogP contribution in [0.25, 0.3) is 5.69 Å². The third-order valence-electron chi connectivity index (χ3n) is 3.62. The topological polar surface area (TPSA) is 63.5 Å². The van der Waals surface area contributed by atoms with Gasteiger partial charge in [-0.05, 0) is 36.6 Å². The monoisotopic (exact) mass is 377 g/mol. The first kappa shape index (κ1) is 20.3. The Labute approximate surface area is 160 Å². The molecular weight excluding hydrogens is 350 g/mol. The molecule has 0 radical (unpaired) electrons. The van der Waals surface area contributed by atoms with E-state index in [1.165, 1.54) is 0 Å². The first-order valence-electron chi connectivity index (χ1n) is 8.90. The molecule has 0 aliphatic carbocycles. The number of nitrogens with zero attached hydrogens (tertiary/aromatic N) is 3. The molecule has 26 heavy (non-hydrogen) atoms. The van der Waals surface area contributed by atoms with E-state index in [1.807, 2.05) is 41.3 Å². The Morgan fingerprint density at radius 1 is 1.27 bits per heavy atom. The Morgan fingerprint density at radius 3 is 2.73 bits per heavy atom. The minimum Gasteiger partial charge on any atom is -0.381 e. The quantitative estimate of drug-likeness (QED) is 0.400. The van der Waals surface area contributed by atoms with Crippen molar-refractivity contribution < 1.29 is 4.74 Å². The number of nitrogens with one attached hydrogen (secondary N) is 2. The summed E-state index contributed by atoms with van der Waals surface area (Å²) >= 11 is 5.92. The second-order valence-electron chi connectivity index (χ2n) is 6.44. The number of hydrogen-bond donors (Lipinski definition) is 2. The van der Waals surface area contributed by atoms with Gasteiger partial charge in [0.25, 0.3) is 0 Å². The van der Waals surface area contributed by atoms with E-state index >= 15 is 0 Å². The number of aliphatic imine (C=N–C) groups is 1. The average Bonchev–Trinajstić information content (AvgIpc) is 3.10. The fraction of sp³-hybridized carbons (Fsp3) is 0.474. The fourth-order valence-electron chi connectivity index (χ4n) is 2.29. The number of ether oxygens (including phenoxy) is 1. The molecule has 0 saturated carbocycles. The molecule has 0 aliphatic rings. The van der Waals surface area contributed by atoms with Crippen LogP contribution in [-0.4, -0.2) is 42.5 Å². The lowest BCUT2D eigenvalue weighted by molar-refractivity contribution is 0.108. The van der Waals surface area contributed by atoms with Gasteiger partial charge in [0.1, 0.15) is 0 Å². The van der Waals surface area contributed by atoms with Gasteiger partial charge in [-0.2, -0.15) is 5.10 Å². The van der Waals surface area contributed by atoms with Gasteiger partial charge in [-0.25, -0.2) is 4.68 Å². The van der Waals surface area contributed by atoms with E-state index < -0.39 is 0 Å². The van der Waals surface area contributed by atoms with Crippen molar-refractivity contribution >= 4 is 17.6 Å². The maximum atomic E-state index is 5.92. The predicted molar refractivity (Wildman–Crippen MR) is 107 cm³/mol. The molecule has 0 spiro atoms. The standard InChI is InChI=1S/C19H28ClN5O/c1-15(2)14-26-10-4-9-22-19(21-3)23-11-16-12-24-25(13-16)18-7-5-17(20)6-8-18/h5-8,12-13,15H,4,9-11,14H2,1-3H3,(H2,21,22,23). The minimum atomic E-state index is 0.575. The van der Waals surface area contributed by atoms with Gasteiger partial charge >= 0.3 is 0 Å². The molecule has 0 saturated heterocycles. The van der Waals surface area contributed by atoms with Gasteiger partial charge < -0.3 is 15.4 Å². The molecule has 0 fully saturated rings. The van der Waals surface area contributed by atoms with Gasteiger partial charge in [0.15, 0.2) is 5.96 Å². The number of benzene rings is 1. The molecule has 0 bridgehead atoms. The van der Waals surface area contributed by atoms with Crippen molar-refractivity contribution in [2.75, 3.05) is 26.8 Å². The van der Waals surface area contributed by atoms with Crippen molar-refractivity contribution in [2.24, 2.45) is 10.9 Å². The van der Waals surface area contributed by atoms with Crippen LogP contribution in [0.4, 0.5) is 0 Å². The van der Waals surface area contributed by atoms with Gasteiger partial charge in [0, 0.05) is 50.1 Å². The molecule has 7 heteroatoms. The number of guanidine groups is 1. The molecule has 0 amide bonds. The number of rotatable bonds is 9. The Hall–Kier alpha value is -2.05. The van der Waals surface area contributed by atoms with Gasteiger partial charge in [0.05, 0.1) is 11.9 Å². The fourth-order valence-corrected chi connectivity index (χ4v) is 2.42. The van der Waals surface area contributed by atoms with Crippen molar-refractivity contribution in [3.63, 3.8) is 0 Å². The van der Waals surface area contributed by atoms with Crippen LogP contribution in [-0.2, 0) is 11.3 Å².